The monoisotopic (exact) mass is 251 g/mol. The van der Waals surface area contributed by atoms with Crippen molar-refractivity contribution in [1.82, 2.24) is 5.32 Å². The van der Waals surface area contributed by atoms with Crippen LogP contribution in [-0.4, -0.2) is 12.6 Å². The Hall–Kier alpha value is -0.600. The van der Waals surface area contributed by atoms with E-state index in [0.29, 0.717) is 6.04 Å². The second-order valence-corrected chi connectivity index (χ2v) is 6.67. The fourth-order valence-electron chi connectivity index (χ4n) is 1.52. The van der Waals surface area contributed by atoms with Gasteiger partial charge in [0.1, 0.15) is 0 Å². The highest BCUT2D eigenvalue weighted by Crippen LogP contribution is 2.29. The minimum absolute atomic E-state index is 0.267. The molecule has 0 spiro atoms. The van der Waals surface area contributed by atoms with E-state index in [1.165, 1.54) is 16.2 Å². The summed E-state index contributed by atoms with van der Waals surface area (Å²) in [5.41, 5.74) is 0.267. The molecule has 1 aromatic rings. The minimum Gasteiger partial charge on any atom is -0.311 e. The summed E-state index contributed by atoms with van der Waals surface area (Å²) in [5.74, 6) is 0. The van der Waals surface area contributed by atoms with Crippen molar-refractivity contribution >= 4 is 17.4 Å². The molecule has 1 aromatic heterocycles. The van der Waals surface area contributed by atoms with Gasteiger partial charge in [0, 0.05) is 15.8 Å². The Bertz CT molecular complexity index is 357. The van der Waals surface area contributed by atoms with Crippen LogP contribution in [0, 0.1) is 0 Å². The lowest BCUT2D eigenvalue weighted by molar-refractivity contribution is 0.604. The van der Waals surface area contributed by atoms with Crippen LogP contribution in [-0.2, 0) is 5.41 Å². The molecule has 17 heavy (non-hydrogen) atoms. The zero-order valence-electron chi connectivity index (χ0n) is 11.7. The first-order valence-electron chi connectivity index (χ1n) is 6.45. The molecule has 0 saturated heterocycles. The number of thiophene rings is 1. The lowest BCUT2D eigenvalue weighted by Gasteiger charge is -2.15. The summed E-state index contributed by atoms with van der Waals surface area (Å²) < 4.78 is 0. The van der Waals surface area contributed by atoms with Crippen molar-refractivity contribution in [3.8, 4) is 0 Å². The molecule has 0 aliphatic heterocycles. The molecule has 0 saturated carbocycles. The summed E-state index contributed by atoms with van der Waals surface area (Å²) in [7, 11) is 0. The molecule has 0 aromatic carbocycles. The average Bonchev–Trinajstić information content (AvgIpc) is 2.71. The van der Waals surface area contributed by atoms with Crippen molar-refractivity contribution in [2.24, 2.45) is 0 Å². The molecule has 0 amide bonds. The SMILES string of the molecule is CCCNC(C)/C=C/c1ccc(C(C)(C)C)s1. The van der Waals surface area contributed by atoms with E-state index < -0.39 is 0 Å². The van der Waals surface area contributed by atoms with E-state index in [4.69, 9.17) is 0 Å². The molecule has 0 radical (unpaired) electrons. The quantitative estimate of drug-likeness (QED) is 0.815. The van der Waals surface area contributed by atoms with Crippen molar-refractivity contribution < 1.29 is 0 Å². The summed E-state index contributed by atoms with van der Waals surface area (Å²) in [6.45, 7) is 12.3. The average molecular weight is 251 g/mol. The zero-order chi connectivity index (χ0) is 12.9. The van der Waals surface area contributed by atoms with Gasteiger partial charge in [-0.15, -0.1) is 11.3 Å². The first-order chi connectivity index (χ1) is 7.93. The van der Waals surface area contributed by atoms with E-state index in [2.05, 4.69) is 64.2 Å². The molecule has 96 valence electrons. The Balaban J connectivity index is 2.57. The molecule has 2 heteroatoms. The van der Waals surface area contributed by atoms with Crippen LogP contribution in [0.3, 0.4) is 0 Å². The smallest absolute Gasteiger partial charge is 0.0270 e. The molecule has 1 N–H and O–H groups in total. The highest BCUT2D eigenvalue weighted by molar-refractivity contribution is 7.13. The van der Waals surface area contributed by atoms with Gasteiger partial charge in [-0.3, -0.25) is 0 Å². The molecular formula is C15H25NS. The van der Waals surface area contributed by atoms with E-state index in [1.54, 1.807) is 0 Å². The maximum absolute atomic E-state index is 3.46. The largest absolute Gasteiger partial charge is 0.311 e. The van der Waals surface area contributed by atoms with Gasteiger partial charge in [-0.05, 0) is 43.5 Å². The molecule has 0 aliphatic rings. The third-order valence-electron chi connectivity index (χ3n) is 2.63. The zero-order valence-corrected chi connectivity index (χ0v) is 12.5. The Morgan fingerprint density at radius 3 is 2.59 bits per heavy atom. The van der Waals surface area contributed by atoms with Crippen molar-refractivity contribution in [3.63, 3.8) is 0 Å². The van der Waals surface area contributed by atoms with Gasteiger partial charge in [0.15, 0.2) is 0 Å². The lowest BCUT2D eigenvalue weighted by Crippen LogP contribution is -2.24. The van der Waals surface area contributed by atoms with Crippen LogP contribution < -0.4 is 5.32 Å². The van der Waals surface area contributed by atoms with Gasteiger partial charge in [-0.2, -0.15) is 0 Å². The molecular weight excluding hydrogens is 226 g/mol. The standard InChI is InChI=1S/C15H25NS/c1-6-11-16-12(2)7-8-13-9-10-14(17-13)15(3,4)5/h7-10,12,16H,6,11H2,1-5H3/b8-7+. The third kappa shape index (κ3) is 5.05. The van der Waals surface area contributed by atoms with Crippen LogP contribution in [0.1, 0.15) is 50.8 Å². The normalized spacial score (nSPS) is 14.4. The summed E-state index contributed by atoms with van der Waals surface area (Å²) >= 11 is 1.89. The first-order valence-corrected chi connectivity index (χ1v) is 7.27. The van der Waals surface area contributed by atoms with Gasteiger partial charge < -0.3 is 5.32 Å². The molecule has 1 unspecified atom stereocenters. The Kier molecular flexibility index (Phi) is 5.41. The molecule has 0 fully saturated rings. The molecule has 1 nitrogen and oxygen atoms in total. The van der Waals surface area contributed by atoms with Crippen LogP contribution >= 0.6 is 11.3 Å². The lowest BCUT2D eigenvalue weighted by atomic mass is 9.95. The number of nitrogens with one attached hydrogen (secondary N) is 1. The van der Waals surface area contributed by atoms with Gasteiger partial charge >= 0.3 is 0 Å². The molecule has 1 atom stereocenters. The maximum Gasteiger partial charge on any atom is 0.0270 e. The van der Waals surface area contributed by atoms with E-state index in [-0.39, 0.29) is 5.41 Å². The number of hydrogen-bond acceptors (Lipinski definition) is 2. The predicted octanol–water partition coefficient (Wildman–Crippen LogP) is 4.45. The van der Waals surface area contributed by atoms with Crippen LogP contribution in [0.15, 0.2) is 18.2 Å². The van der Waals surface area contributed by atoms with Gasteiger partial charge in [0.25, 0.3) is 0 Å². The third-order valence-corrected chi connectivity index (χ3v) is 4.11. The summed E-state index contributed by atoms with van der Waals surface area (Å²) in [4.78, 5) is 2.80. The van der Waals surface area contributed by atoms with Crippen molar-refractivity contribution in [2.75, 3.05) is 6.54 Å². The molecule has 1 rings (SSSR count). The Labute approximate surface area is 110 Å². The highest BCUT2D eigenvalue weighted by Gasteiger charge is 2.15. The predicted molar refractivity (Wildman–Crippen MR) is 79.8 cm³/mol. The van der Waals surface area contributed by atoms with Crippen LogP contribution in [0.4, 0.5) is 0 Å². The van der Waals surface area contributed by atoms with E-state index in [0.717, 1.165) is 6.54 Å². The topological polar surface area (TPSA) is 12.0 Å². The van der Waals surface area contributed by atoms with Gasteiger partial charge in [-0.1, -0.05) is 33.8 Å². The Morgan fingerprint density at radius 1 is 1.35 bits per heavy atom. The first kappa shape index (κ1) is 14.5. The van der Waals surface area contributed by atoms with Crippen LogP contribution in [0.2, 0.25) is 0 Å². The Morgan fingerprint density at radius 2 is 2.06 bits per heavy atom. The van der Waals surface area contributed by atoms with Crippen LogP contribution in [0.5, 0.6) is 0 Å². The second-order valence-electron chi connectivity index (χ2n) is 5.55. The highest BCUT2D eigenvalue weighted by atomic mass is 32.1. The van der Waals surface area contributed by atoms with E-state index in [9.17, 15) is 0 Å². The van der Waals surface area contributed by atoms with Crippen LogP contribution in [0.25, 0.3) is 6.08 Å². The van der Waals surface area contributed by atoms with E-state index >= 15 is 0 Å². The van der Waals surface area contributed by atoms with Crippen molar-refractivity contribution in [2.45, 2.75) is 52.5 Å². The van der Waals surface area contributed by atoms with Gasteiger partial charge in [0.2, 0.25) is 0 Å². The summed E-state index contributed by atoms with van der Waals surface area (Å²) in [6, 6.07) is 4.91. The summed E-state index contributed by atoms with van der Waals surface area (Å²) in [5, 5.41) is 3.46. The fourth-order valence-corrected chi connectivity index (χ4v) is 2.50. The van der Waals surface area contributed by atoms with Gasteiger partial charge in [-0.25, -0.2) is 0 Å². The minimum atomic E-state index is 0.267. The number of rotatable bonds is 5. The van der Waals surface area contributed by atoms with E-state index in [1.807, 2.05) is 11.3 Å². The maximum atomic E-state index is 3.46. The molecule has 0 bridgehead atoms. The summed E-state index contributed by atoms with van der Waals surface area (Å²) in [6.07, 6.45) is 5.66. The second kappa shape index (κ2) is 6.36. The molecule has 1 heterocycles. The van der Waals surface area contributed by atoms with Crippen molar-refractivity contribution in [1.29, 1.82) is 0 Å². The molecule has 0 aliphatic carbocycles. The van der Waals surface area contributed by atoms with Gasteiger partial charge in [0.05, 0.1) is 0 Å². The van der Waals surface area contributed by atoms with Crippen molar-refractivity contribution in [3.05, 3.63) is 28.0 Å². The fraction of sp³-hybridized carbons (Fsp3) is 0.600. The number of hydrogen-bond donors (Lipinski definition) is 1.